The first-order chi connectivity index (χ1) is 8.58. The number of thioether (sulfide) groups is 1. The van der Waals surface area contributed by atoms with E-state index in [4.69, 9.17) is 9.47 Å². The second-order valence-electron chi connectivity index (χ2n) is 4.36. The zero-order valence-corrected chi connectivity index (χ0v) is 13.1. The Hall–Kier alpha value is -0.390. The zero-order chi connectivity index (χ0) is 13.3. The molecule has 5 heteroatoms. The average molecular weight is 333 g/mol. The van der Waals surface area contributed by atoms with Crippen molar-refractivity contribution in [1.29, 1.82) is 0 Å². The average Bonchev–Trinajstić information content (AvgIpc) is 2.48. The first kappa shape index (κ1) is 14.0. The summed E-state index contributed by atoms with van der Waals surface area (Å²) in [5.74, 6) is 2.35. The van der Waals surface area contributed by atoms with Gasteiger partial charge in [0.05, 0.1) is 24.8 Å². The van der Waals surface area contributed by atoms with Crippen molar-refractivity contribution in [2.24, 2.45) is 0 Å². The standard InChI is InChI=1S/C13H17BrO3S/c1-7-4-10(15)12-8(6-18-7)11(16-2)5-9(14)13(12)17-3/h5,7,10,15H,4,6H2,1-3H3/t7?,10-/m0/s1. The van der Waals surface area contributed by atoms with Gasteiger partial charge in [0, 0.05) is 22.1 Å². The second-order valence-corrected chi connectivity index (χ2v) is 6.64. The number of benzene rings is 1. The van der Waals surface area contributed by atoms with Crippen molar-refractivity contribution in [3.63, 3.8) is 0 Å². The molecule has 1 aliphatic heterocycles. The Morgan fingerprint density at radius 3 is 2.72 bits per heavy atom. The Balaban J connectivity index is 2.63. The number of hydrogen-bond acceptors (Lipinski definition) is 4. The highest BCUT2D eigenvalue weighted by Gasteiger charge is 2.28. The quantitative estimate of drug-likeness (QED) is 0.899. The van der Waals surface area contributed by atoms with E-state index in [1.807, 2.05) is 17.8 Å². The molecule has 0 fully saturated rings. The van der Waals surface area contributed by atoms with Gasteiger partial charge in [0.2, 0.25) is 0 Å². The molecular weight excluding hydrogens is 316 g/mol. The Kier molecular flexibility index (Phi) is 4.45. The largest absolute Gasteiger partial charge is 0.496 e. The van der Waals surface area contributed by atoms with Crippen molar-refractivity contribution in [2.45, 2.75) is 30.5 Å². The van der Waals surface area contributed by atoms with Crippen LogP contribution in [-0.2, 0) is 5.75 Å². The van der Waals surface area contributed by atoms with Crippen molar-refractivity contribution in [3.8, 4) is 11.5 Å². The van der Waals surface area contributed by atoms with Crippen molar-refractivity contribution in [2.75, 3.05) is 14.2 Å². The lowest BCUT2D eigenvalue weighted by Crippen LogP contribution is -2.07. The van der Waals surface area contributed by atoms with E-state index in [2.05, 4.69) is 22.9 Å². The molecule has 3 nitrogen and oxygen atoms in total. The number of hydrogen-bond donors (Lipinski definition) is 1. The summed E-state index contributed by atoms with van der Waals surface area (Å²) in [7, 11) is 3.28. The van der Waals surface area contributed by atoms with Crippen LogP contribution in [0.2, 0.25) is 0 Å². The molecule has 2 atom stereocenters. The van der Waals surface area contributed by atoms with Gasteiger partial charge in [-0.1, -0.05) is 6.92 Å². The van der Waals surface area contributed by atoms with Crippen LogP contribution in [0.15, 0.2) is 10.5 Å². The molecule has 1 aromatic carbocycles. The molecule has 1 N–H and O–H groups in total. The SMILES string of the molecule is COc1cc(Br)c(OC)c2c1CSC(C)C[C@@H]2O. The molecule has 0 saturated heterocycles. The summed E-state index contributed by atoms with van der Waals surface area (Å²) >= 11 is 5.30. The number of fused-ring (bicyclic) bond motifs is 1. The number of aliphatic hydroxyl groups is 1. The third-order valence-electron chi connectivity index (χ3n) is 3.17. The first-order valence-corrected chi connectivity index (χ1v) is 7.65. The maximum absolute atomic E-state index is 10.4. The highest BCUT2D eigenvalue weighted by Crippen LogP contribution is 2.46. The molecule has 0 aliphatic carbocycles. The van der Waals surface area contributed by atoms with Gasteiger partial charge in [-0.3, -0.25) is 0 Å². The van der Waals surface area contributed by atoms with E-state index in [0.717, 1.165) is 33.5 Å². The number of rotatable bonds is 2. The van der Waals surface area contributed by atoms with Crippen molar-refractivity contribution in [1.82, 2.24) is 0 Å². The van der Waals surface area contributed by atoms with E-state index in [1.165, 1.54) is 0 Å². The van der Waals surface area contributed by atoms with Gasteiger partial charge < -0.3 is 14.6 Å². The maximum atomic E-state index is 10.4. The van der Waals surface area contributed by atoms with Gasteiger partial charge in [-0.05, 0) is 28.4 Å². The summed E-state index contributed by atoms with van der Waals surface area (Å²) in [6.45, 7) is 2.13. The van der Waals surface area contributed by atoms with Crippen LogP contribution >= 0.6 is 27.7 Å². The third kappa shape index (κ3) is 2.49. The smallest absolute Gasteiger partial charge is 0.139 e. The van der Waals surface area contributed by atoms with Gasteiger partial charge in [0.25, 0.3) is 0 Å². The van der Waals surface area contributed by atoms with E-state index in [1.54, 1.807) is 14.2 Å². The molecule has 1 unspecified atom stereocenters. The highest BCUT2D eigenvalue weighted by atomic mass is 79.9. The van der Waals surface area contributed by atoms with Crippen molar-refractivity contribution >= 4 is 27.7 Å². The number of halogens is 1. The summed E-state index contributed by atoms with van der Waals surface area (Å²) in [4.78, 5) is 0. The molecule has 0 radical (unpaired) electrons. The Labute approximate surface area is 120 Å². The highest BCUT2D eigenvalue weighted by molar-refractivity contribution is 9.10. The number of ether oxygens (including phenoxy) is 2. The normalized spacial score (nSPS) is 23.2. The van der Waals surface area contributed by atoms with Crippen molar-refractivity contribution < 1.29 is 14.6 Å². The van der Waals surface area contributed by atoms with Crippen LogP contribution in [0.1, 0.15) is 30.6 Å². The van der Waals surface area contributed by atoms with E-state index in [0.29, 0.717) is 11.0 Å². The lowest BCUT2D eigenvalue weighted by atomic mass is 9.98. The molecular formula is C13H17BrO3S. The molecule has 18 heavy (non-hydrogen) atoms. The molecule has 0 bridgehead atoms. The monoisotopic (exact) mass is 332 g/mol. The van der Waals surface area contributed by atoms with Gasteiger partial charge in [-0.2, -0.15) is 11.8 Å². The molecule has 0 amide bonds. The van der Waals surface area contributed by atoms with Gasteiger partial charge in [0.1, 0.15) is 11.5 Å². The van der Waals surface area contributed by atoms with Crippen LogP contribution in [-0.4, -0.2) is 24.6 Å². The van der Waals surface area contributed by atoms with Crippen LogP contribution in [0.4, 0.5) is 0 Å². The molecule has 1 heterocycles. The van der Waals surface area contributed by atoms with E-state index in [-0.39, 0.29) is 0 Å². The minimum absolute atomic E-state index is 0.417. The van der Waals surface area contributed by atoms with Gasteiger partial charge in [0.15, 0.2) is 0 Å². The van der Waals surface area contributed by atoms with Gasteiger partial charge >= 0.3 is 0 Å². The van der Waals surface area contributed by atoms with E-state index >= 15 is 0 Å². The van der Waals surface area contributed by atoms with Crippen LogP contribution in [0.3, 0.4) is 0 Å². The predicted molar refractivity (Wildman–Crippen MR) is 77.6 cm³/mol. The lowest BCUT2D eigenvalue weighted by molar-refractivity contribution is 0.163. The van der Waals surface area contributed by atoms with Crippen molar-refractivity contribution in [3.05, 3.63) is 21.7 Å². The minimum Gasteiger partial charge on any atom is -0.496 e. The topological polar surface area (TPSA) is 38.7 Å². The molecule has 1 aliphatic rings. The molecule has 0 spiro atoms. The fourth-order valence-electron chi connectivity index (χ4n) is 2.28. The Bertz CT molecular complexity index is 450. The summed E-state index contributed by atoms with van der Waals surface area (Å²) < 4.78 is 11.7. The molecule has 100 valence electrons. The molecule has 2 rings (SSSR count). The fraction of sp³-hybridized carbons (Fsp3) is 0.538. The number of methoxy groups -OCH3 is 2. The van der Waals surface area contributed by atoms with E-state index < -0.39 is 6.10 Å². The van der Waals surface area contributed by atoms with E-state index in [9.17, 15) is 5.11 Å². The Morgan fingerprint density at radius 1 is 1.39 bits per heavy atom. The lowest BCUT2D eigenvalue weighted by Gasteiger charge is -2.19. The molecule has 0 aromatic heterocycles. The third-order valence-corrected chi connectivity index (χ3v) is 4.97. The van der Waals surface area contributed by atoms with Crippen LogP contribution in [0.25, 0.3) is 0 Å². The minimum atomic E-state index is -0.508. The fourth-order valence-corrected chi connectivity index (χ4v) is 3.93. The van der Waals surface area contributed by atoms with Crippen LogP contribution in [0, 0.1) is 0 Å². The Morgan fingerprint density at radius 2 is 2.11 bits per heavy atom. The van der Waals surface area contributed by atoms with Crippen LogP contribution in [0.5, 0.6) is 11.5 Å². The summed E-state index contributed by atoms with van der Waals surface area (Å²) in [6.07, 6.45) is 0.222. The summed E-state index contributed by atoms with van der Waals surface area (Å²) in [5.41, 5.74) is 1.90. The van der Waals surface area contributed by atoms with Gasteiger partial charge in [-0.15, -0.1) is 0 Å². The number of aliphatic hydroxyl groups excluding tert-OH is 1. The predicted octanol–water partition coefficient (Wildman–Crippen LogP) is 3.53. The second kappa shape index (κ2) is 5.72. The van der Waals surface area contributed by atoms with Gasteiger partial charge in [-0.25, -0.2) is 0 Å². The molecule has 0 saturated carbocycles. The summed E-state index contributed by atoms with van der Waals surface area (Å²) in [6, 6.07) is 1.90. The summed E-state index contributed by atoms with van der Waals surface area (Å²) in [5, 5.41) is 10.8. The van der Waals surface area contributed by atoms with Crippen LogP contribution < -0.4 is 9.47 Å². The first-order valence-electron chi connectivity index (χ1n) is 5.81. The molecule has 1 aromatic rings. The maximum Gasteiger partial charge on any atom is 0.139 e. The zero-order valence-electron chi connectivity index (χ0n) is 10.7.